The number of anilines is 1. The maximum atomic E-state index is 5.92. The summed E-state index contributed by atoms with van der Waals surface area (Å²) in [6.07, 6.45) is 1.81. The number of hydrogen-bond acceptors (Lipinski definition) is 4. The number of benzene rings is 1. The van der Waals surface area contributed by atoms with Crippen LogP contribution in [0.25, 0.3) is 0 Å². The highest BCUT2D eigenvalue weighted by molar-refractivity contribution is 7.09. The Morgan fingerprint density at radius 2 is 2.33 bits per heavy atom. The molecule has 0 saturated carbocycles. The Bertz CT molecular complexity index is 488. The molecule has 5 heteroatoms. The number of rotatable bonds is 6. The Kier molecular flexibility index (Phi) is 4.84. The maximum absolute atomic E-state index is 5.92. The van der Waals surface area contributed by atoms with Crippen LogP contribution in [0, 0.1) is 0 Å². The summed E-state index contributed by atoms with van der Waals surface area (Å²) < 4.78 is 5.51. The van der Waals surface area contributed by atoms with Crippen molar-refractivity contribution in [2.75, 3.05) is 11.9 Å². The fourth-order valence-electron chi connectivity index (χ4n) is 1.61. The predicted octanol–water partition coefficient (Wildman–Crippen LogP) is 3.89. The number of ether oxygens (including phenoxy) is 1. The van der Waals surface area contributed by atoms with Crippen molar-refractivity contribution in [3.63, 3.8) is 0 Å². The molecule has 1 N–H and O–H groups in total. The first-order valence-electron chi connectivity index (χ1n) is 5.77. The quantitative estimate of drug-likeness (QED) is 0.816. The van der Waals surface area contributed by atoms with Crippen molar-refractivity contribution < 1.29 is 4.74 Å². The molecule has 1 heterocycles. The Hall–Kier alpha value is -1.26. The van der Waals surface area contributed by atoms with E-state index >= 15 is 0 Å². The van der Waals surface area contributed by atoms with Gasteiger partial charge >= 0.3 is 0 Å². The van der Waals surface area contributed by atoms with Gasteiger partial charge in [-0.25, -0.2) is 4.98 Å². The van der Waals surface area contributed by atoms with Gasteiger partial charge in [0.1, 0.15) is 10.8 Å². The number of hydrogen-bond donors (Lipinski definition) is 1. The average molecular weight is 283 g/mol. The van der Waals surface area contributed by atoms with Gasteiger partial charge < -0.3 is 10.1 Å². The van der Waals surface area contributed by atoms with E-state index in [2.05, 4.69) is 10.3 Å². The smallest absolute Gasteiger partial charge is 0.123 e. The molecule has 1 aromatic carbocycles. The van der Waals surface area contributed by atoms with Gasteiger partial charge in [-0.15, -0.1) is 22.9 Å². The molecule has 0 amide bonds. The van der Waals surface area contributed by atoms with Crippen LogP contribution in [-0.4, -0.2) is 11.6 Å². The van der Waals surface area contributed by atoms with Gasteiger partial charge in [-0.3, -0.25) is 0 Å². The first kappa shape index (κ1) is 13.2. The zero-order valence-electron chi connectivity index (χ0n) is 10.1. The Labute approximate surface area is 116 Å². The second-order valence-corrected chi connectivity index (χ2v) is 4.91. The molecule has 0 radical (unpaired) electrons. The van der Waals surface area contributed by atoms with Crippen LogP contribution >= 0.6 is 22.9 Å². The molecule has 0 spiro atoms. The van der Waals surface area contributed by atoms with E-state index in [1.54, 1.807) is 11.3 Å². The third-order valence-corrected chi connectivity index (χ3v) is 3.50. The maximum Gasteiger partial charge on any atom is 0.123 e. The zero-order valence-corrected chi connectivity index (χ0v) is 11.7. The van der Waals surface area contributed by atoms with Crippen LogP contribution in [0.3, 0.4) is 0 Å². The van der Waals surface area contributed by atoms with E-state index in [9.17, 15) is 0 Å². The number of alkyl halides is 1. The number of aromatic nitrogens is 1. The van der Waals surface area contributed by atoms with E-state index in [0.717, 1.165) is 28.6 Å². The highest BCUT2D eigenvalue weighted by Crippen LogP contribution is 2.25. The molecule has 2 rings (SSSR count). The van der Waals surface area contributed by atoms with E-state index in [-0.39, 0.29) is 0 Å². The fourth-order valence-corrected chi connectivity index (χ4v) is 2.37. The number of halogens is 1. The van der Waals surface area contributed by atoms with Gasteiger partial charge in [-0.1, -0.05) is 0 Å². The van der Waals surface area contributed by atoms with Gasteiger partial charge in [0.05, 0.1) is 19.0 Å². The van der Waals surface area contributed by atoms with Crippen LogP contribution in [-0.2, 0) is 12.4 Å². The molecule has 18 heavy (non-hydrogen) atoms. The van der Waals surface area contributed by atoms with Gasteiger partial charge in [-0.2, -0.15) is 0 Å². The minimum Gasteiger partial charge on any atom is -0.494 e. The minimum absolute atomic E-state index is 0.447. The van der Waals surface area contributed by atoms with E-state index in [4.69, 9.17) is 16.3 Å². The lowest BCUT2D eigenvalue weighted by molar-refractivity contribution is 0.337. The van der Waals surface area contributed by atoms with Gasteiger partial charge in [-0.05, 0) is 25.1 Å². The number of thiazole rings is 1. The van der Waals surface area contributed by atoms with Crippen molar-refractivity contribution in [2.24, 2.45) is 0 Å². The number of nitrogens with zero attached hydrogens (tertiary/aromatic N) is 1. The lowest BCUT2D eigenvalue weighted by atomic mass is 10.2. The molecule has 0 unspecified atom stereocenters. The summed E-state index contributed by atoms with van der Waals surface area (Å²) in [7, 11) is 0. The van der Waals surface area contributed by atoms with E-state index in [1.807, 2.05) is 36.7 Å². The third-order valence-electron chi connectivity index (χ3n) is 2.43. The molecule has 0 fully saturated rings. The highest BCUT2D eigenvalue weighted by Gasteiger charge is 2.04. The van der Waals surface area contributed by atoms with E-state index in [0.29, 0.717) is 12.5 Å². The largest absolute Gasteiger partial charge is 0.494 e. The third kappa shape index (κ3) is 3.37. The topological polar surface area (TPSA) is 34.1 Å². The summed E-state index contributed by atoms with van der Waals surface area (Å²) in [5, 5.41) is 6.36. The SMILES string of the molecule is CCOc1ccc(NCc2nccs2)cc1CCl. The standard InChI is InChI=1S/C13H15ClN2OS/c1-2-17-12-4-3-11(7-10(12)8-14)16-9-13-15-5-6-18-13/h3-7,16H,2,8-9H2,1H3. The Morgan fingerprint density at radius 1 is 1.44 bits per heavy atom. The average Bonchev–Trinajstić information content (AvgIpc) is 2.91. The van der Waals surface area contributed by atoms with Gasteiger partial charge in [0, 0.05) is 22.8 Å². The number of nitrogens with one attached hydrogen (secondary N) is 1. The second-order valence-electron chi connectivity index (χ2n) is 3.67. The molecule has 0 aliphatic carbocycles. The highest BCUT2D eigenvalue weighted by atomic mass is 35.5. The van der Waals surface area contributed by atoms with Crippen LogP contribution in [0.15, 0.2) is 29.8 Å². The monoisotopic (exact) mass is 282 g/mol. The van der Waals surface area contributed by atoms with Crippen molar-refractivity contribution >= 4 is 28.6 Å². The first-order valence-corrected chi connectivity index (χ1v) is 7.19. The molecule has 0 bridgehead atoms. The van der Waals surface area contributed by atoms with Gasteiger partial charge in [0.15, 0.2) is 0 Å². The first-order chi connectivity index (χ1) is 8.83. The van der Waals surface area contributed by atoms with Crippen LogP contribution in [0.4, 0.5) is 5.69 Å². The molecule has 0 saturated heterocycles. The molecule has 0 atom stereocenters. The fraction of sp³-hybridized carbons (Fsp3) is 0.308. The molecule has 96 valence electrons. The summed E-state index contributed by atoms with van der Waals surface area (Å²) in [4.78, 5) is 4.23. The molecule has 2 aromatic rings. The van der Waals surface area contributed by atoms with Crippen molar-refractivity contribution in [3.8, 4) is 5.75 Å². The lowest BCUT2D eigenvalue weighted by Crippen LogP contribution is -2.01. The van der Waals surface area contributed by atoms with Crippen molar-refractivity contribution in [1.82, 2.24) is 4.98 Å². The van der Waals surface area contributed by atoms with E-state index in [1.165, 1.54) is 0 Å². The molecule has 0 aliphatic heterocycles. The summed E-state index contributed by atoms with van der Waals surface area (Å²) in [5.41, 5.74) is 2.03. The lowest BCUT2D eigenvalue weighted by Gasteiger charge is -2.11. The molecular weight excluding hydrogens is 268 g/mol. The summed E-state index contributed by atoms with van der Waals surface area (Å²) in [6, 6.07) is 5.96. The van der Waals surface area contributed by atoms with Gasteiger partial charge in [0.25, 0.3) is 0 Å². The zero-order chi connectivity index (χ0) is 12.8. The molecule has 1 aromatic heterocycles. The molecule has 3 nitrogen and oxygen atoms in total. The van der Waals surface area contributed by atoms with Crippen LogP contribution in [0.5, 0.6) is 5.75 Å². The minimum atomic E-state index is 0.447. The van der Waals surface area contributed by atoms with Crippen molar-refractivity contribution in [1.29, 1.82) is 0 Å². The van der Waals surface area contributed by atoms with Crippen molar-refractivity contribution in [3.05, 3.63) is 40.3 Å². The van der Waals surface area contributed by atoms with Crippen LogP contribution in [0.1, 0.15) is 17.5 Å². The summed E-state index contributed by atoms with van der Waals surface area (Å²) in [5.74, 6) is 1.30. The second kappa shape index (κ2) is 6.61. The predicted molar refractivity (Wildman–Crippen MR) is 76.6 cm³/mol. The Balaban J connectivity index is 2.05. The van der Waals surface area contributed by atoms with Gasteiger partial charge in [0.2, 0.25) is 0 Å². The van der Waals surface area contributed by atoms with E-state index < -0.39 is 0 Å². The normalized spacial score (nSPS) is 10.3. The summed E-state index contributed by atoms with van der Waals surface area (Å²) in [6.45, 7) is 3.34. The molecular formula is C13H15ClN2OS. The van der Waals surface area contributed by atoms with Crippen molar-refractivity contribution in [2.45, 2.75) is 19.3 Å². The van der Waals surface area contributed by atoms with Crippen LogP contribution in [0.2, 0.25) is 0 Å². The Morgan fingerprint density at radius 3 is 3.00 bits per heavy atom. The summed E-state index contributed by atoms with van der Waals surface area (Å²) >= 11 is 7.56. The molecule has 0 aliphatic rings. The van der Waals surface area contributed by atoms with Crippen LogP contribution < -0.4 is 10.1 Å².